The van der Waals surface area contributed by atoms with Crippen LogP contribution in [0.5, 0.6) is 5.75 Å². The van der Waals surface area contributed by atoms with Gasteiger partial charge < -0.3 is 14.7 Å². The van der Waals surface area contributed by atoms with Gasteiger partial charge >= 0.3 is 0 Å². The molecule has 0 aliphatic carbocycles. The van der Waals surface area contributed by atoms with E-state index in [-0.39, 0.29) is 12.5 Å². The second-order valence-electron chi connectivity index (χ2n) is 3.89. The zero-order valence-corrected chi connectivity index (χ0v) is 11.1. The van der Waals surface area contributed by atoms with Gasteiger partial charge in [0.25, 0.3) is 5.91 Å². The summed E-state index contributed by atoms with van der Waals surface area (Å²) in [5, 5.41) is 8.84. The fraction of sp³-hybridized carbons (Fsp3) is 0.500. The average Bonchev–Trinajstić information content (AvgIpc) is 2.40. The number of carbonyl (C=O) groups is 1. The molecule has 0 radical (unpaired) electrons. The molecule has 0 atom stereocenters. The van der Waals surface area contributed by atoms with E-state index in [0.717, 1.165) is 0 Å². The van der Waals surface area contributed by atoms with Gasteiger partial charge in [0.1, 0.15) is 5.75 Å². The summed E-state index contributed by atoms with van der Waals surface area (Å²) in [5.74, 6) is 0.572. The summed E-state index contributed by atoms with van der Waals surface area (Å²) >= 11 is 0. The van der Waals surface area contributed by atoms with Gasteiger partial charge in [-0.2, -0.15) is 0 Å². The topological polar surface area (TPSA) is 49.8 Å². The maximum absolute atomic E-state index is 12.3. The molecule has 0 fully saturated rings. The highest BCUT2D eigenvalue weighted by Crippen LogP contribution is 2.19. The highest BCUT2D eigenvalue weighted by molar-refractivity contribution is 5.96. The molecule has 4 heteroatoms. The van der Waals surface area contributed by atoms with Crippen LogP contribution in [0.25, 0.3) is 0 Å². The van der Waals surface area contributed by atoms with Crippen molar-refractivity contribution in [2.75, 3.05) is 26.3 Å². The zero-order chi connectivity index (χ0) is 13.4. The lowest BCUT2D eigenvalue weighted by molar-refractivity contribution is 0.0750. The monoisotopic (exact) mass is 251 g/mol. The van der Waals surface area contributed by atoms with E-state index >= 15 is 0 Å². The van der Waals surface area contributed by atoms with E-state index in [1.807, 2.05) is 26.0 Å². The van der Waals surface area contributed by atoms with E-state index in [1.54, 1.807) is 17.0 Å². The van der Waals surface area contributed by atoms with Gasteiger partial charge in [-0.1, -0.05) is 12.1 Å². The molecule has 0 aliphatic rings. The molecule has 0 bridgehead atoms. The first-order chi connectivity index (χ1) is 8.74. The summed E-state index contributed by atoms with van der Waals surface area (Å²) in [6, 6.07) is 7.26. The van der Waals surface area contributed by atoms with Crippen LogP contribution >= 0.6 is 0 Å². The number of aliphatic hydroxyl groups is 1. The third-order valence-electron chi connectivity index (χ3n) is 2.67. The smallest absolute Gasteiger partial charge is 0.257 e. The predicted octanol–water partition coefficient (Wildman–Crippen LogP) is 1.93. The van der Waals surface area contributed by atoms with Crippen molar-refractivity contribution in [1.82, 2.24) is 4.90 Å². The number of para-hydroxylation sites is 1. The summed E-state index contributed by atoms with van der Waals surface area (Å²) in [7, 11) is 0. The second-order valence-corrected chi connectivity index (χ2v) is 3.89. The molecule has 0 unspecified atom stereocenters. The number of amides is 1. The summed E-state index contributed by atoms with van der Waals surface area (Å²) in [5.41, 5.74) is 0.583. The molecule has 1 aromatic rings. The standard InChI is InChI=1S/C14H21NO3/c1-3-15(10-7-11-16)14(17)12-8-5-6-9-13(12)18-4-2/h5-6,8-9,16H,3-4,7,10-11H2,1-2H3. The van der Waals surface area contributed by atoms with Gasteiger partial charge in [0.15, 0.2) is 0 Å². The third kappa shape index (κ3) is 3.74. The van der Waals surface area contributed by atoms with Crippen molar-refractivity contribution in [2.24, 2.45) is 0 Å². The Bertz CT molecular complexity index is 379. The van der Waals surface area contributed by atoms with Gasteiger partial charge in [-0.05, 0) is 32.4 Å². The van der Waals surface area contributed by atoms with E-state index in [2.05, 4.69) is 0 Å². The molecule has 18 heavy (non-hydrogen) atoms. The van der Waals surface area contributed by atoms with Crippen LogP contribution in [0.3, 0.4) is 0 Å². The zero-order valence-electron chi connectivity index (χ0n) is 11.1. The first-order valence-electron chi connectivity index (χ1n) is 6.36. The Kier molecular flexibility index (Phi) is 6.22. The molecule has 4 nitrogen and oxygen atoms in total. The van der Waals surface area contributed by atoms with Crippen LogP contribution in [-0.2, 0) is 0 Å². The molecule has 0 spiro atoms. The van der Waals surface area contributed by atoms with Crippen molar-refractivity contribution in [1.29, 1.82) is 0 Å². The molecule has 1 N–H and O–H groups in total. The number of ether oxygens (including phenoxy) is 1. The third-order valence-corrected chi connectivity index (χ3v) is 2.67. The fourth-order valence-corrected chi connectivity index (χ4v) is 1.76. The van der Waals surface area contributed by atoms with Crippen LogP contribution in [0.1, 0.15) is 30.6 Å². The summed E-state index contributed by atoms with van der Waals surface area (Å²) in [6.07, 6.45) is 0.594. The minimum Gasteiger partial charge on any atom is -0.493 e. The Morgan fingerprint density at radius 2 is 2.06 bits per heavy atom. The lowest BCUT2D eigenvalue weighted by Gasteiger charge is -2.21. The Morgan fingerprint density at radius 3 is 2.67 bits per heavy atom. The first-order valence-corrected chi connectivity index (χ1v) is 6.36. The largest absolute Gasteiger partial charge is 0.493 e. The minimum atomic E-state index is -0.0463. The lowest BCUT2D eigenvalue weighted by atomic mass is 10.1. The second kappa shape index (κ2) is 7.71. The van der Waals surface area contributed by atoms with Gasteiger partial charge in [0.05, 0.1) is 12.2 Å². The van der Waals surface area contributed by atoms with Crippen LogP contribution in [0.2, 0.25) is 0 Å². The number of carbonyl (C=O) groups excluding carboxylic acids is 1. The molecule has 0 saturated heterocycles. The van der Waals surface area contributed by atoms with Crippen molar-refractivity contribution in [3.8, 4) is 5.75 Å². The van der Waals surface area contributed by atoms with Gasteiger partial charge in [-0.25, -0.2) is 0 Å². The van der Waals surface area contributed by atoms with Crippen molar-refractivity contribution in [2.45, 2.75) is 20.3 Å². The normalized spacial score (nSPS) is 10.2. The molecule has 0 aromatic heterocycles. The number of aliphatic hydroxyl groups excluding tert-OH is 1. The quantitative estimate of drug-likeness (QED) is 0.805. The number of rotatable bonds is 7. The predicted molar refractivity (Wildman–Crippen MR) is 70.9 cm³/mol. The molecular formula is C14H21NO3. The van der Waals surface area contributed by atoms with Gasteiger partial charge in [-0.3, -0.25) is 4.79 Å². The molecule has 100 valence electrons. The van der Waals surface area contributed by atoms with E-state index in [4.69, 9.17) is 9.84 Å². The highest BCUT2D eigenvalue weighted by Gasteiger charge is 2.17. The Labute approximate surface area is 108 Å². The Morgan fingerprint density at radius 1 is 1.33 bits per heavy atom. The molecule has 1 aromatic carbocycles. The summed E-state index contributed by atoms with van der Waals surface area (Å²) in [6.45, 7) is 5.64. The Hall–Kier alpha value is -1.55. The van der Waals surface area contributed by atoms with Gasteiger partial charge in [0.2, 0.25) is 0 Å². The molecule has 0 aliphatic heterocycles. The maximum Gasteiger partial charge on any atom is 0.257 e. The van der Waals surface area contributed by atoms with Crippen LogP contribution in [0.4, 0.5) is 0 Å². The lowest BCUT2D eigenvalue weighted by Crippen LogP contribution is -2.32. The minimum absolute atomic E-state index is 0.0463. The van der Waals surface area contributed by atoms with E-state index in [1.165, 1.54) is 0 Å². The number of benzene rings is 1. The number of hydrogen-bond donors (Lipinski definition) is 1. The first kappa shape index (κ1) is 14.5. The SMILES string of the molecule is CCOc1ccccc1C(=O)N(CC)CCCO. The molecule has 1 rings (SSSR count). The van der Waals surface area contributed by atoms with Crippen molar-refractivity contribution < 1.29 is 14.6 Å². The summed E-state index contributed by atoms with van der Waals surface area (Å²) in [4.78, 5) is 14.1. The van der Waals surface area contributed by atoms with Crippen molar-refractivity contribution >= 4 is 5.91 Å². The Balaban J connectivity index is 2.86. The molecule has 0 saturated carbocycles. The van der Waals surface area contributed by atoms with Crippen molar-refractivity contribution in [3.63, 3.8) is 0 Å². The van der Waals surface area contributed by atoms with Crippen LogP contribution < -0.4 is 4.74 Å². The van der Waals surface area contributed by atoms with Crippen LogP contribution in [-0.4, -0.2) is 42.2 Å². The number of hydrogen-bond acceptors (Lipinski definition) is 3. The van der Waals surface area contributed by atoms with Gasteiger partial charge in [-0.15, -0.1) is 0 Å². The molecule has 0 heterocycles. The maximum atomic E-state index is 12.3. The number of nitrogens with zero attached hydrogens (tertiary/aromatic N) is 1. The van der Waals surface area contributed by atoms with Crippen LogP contribution in [0, 0.1) is 0 Å². The average molecular weight is 251 g/mol. The highest BCUT2D eigenvalue weighted by atomic mass is 16.5. The fourth-order valence-electron chi connectivity index (χ4n) is 1.76. The molecule has 1 amide bonds. The van der Waals surface area contributed by atoms with Crippen molar-refractivity contribution in [3.05, 3.63) is 29.8 Å². The van der Waals surface area contributed by atoms with E-state index in [9.17, 15) is 4.79 Å². The van der Waals surface area contributed by atoms with Crippen LogP contribution in [0.15, 0.2) is 24.3 Å². The van der Waals surface area contributed by atoms with Gasteiger partial charge in [0, 0.05) is 19.7 Å². The molecular weight excluding hydrogens is 230 g/mol. The van der Waals surface area contributed by atoms with E-state index < -0.39 is 0 Å². The van der Waals surface area contributed by atoms with E-state index in [0.29, 0.717) is 37.4 Å². The summed E-state index contributed by atoms with van der Waals surface area (Å²) < 4.78 is 5.46.